The zero-order chi connectivity index (χ0) is 24.3. The van der Waals surface area contributed by atoms with E-state index in [0.29, 0.717) is 31.4 Å². The van der Waals surface area contributed by atoms with E-state index in [1.54, 1.807) is 36.2 Å². The maximum absolute atomic E-state index is 12.6. The molecular formula is C22H27N5O5S2. The highest BCUT2D eigenvalue weighted by atomic mass is 32.2. The van der Waals surface area contributed by atoms with Gasteiger partial charge >= 0.3 is 5.97 Å². The zero-order valence-corrected chi connectivity index (χ0v) is 20.7. The number of carboxylic acid groups (broad SMARTS) is 1. The molecule has 0 aliphatic heterocycles. The molecule has 0 saturated heterocycles. The maximum atomic E-state index is 12.6. The second-order valence-electron chi connectivity index (χ2n) is 7.34. The molecule has 1 amide bonds. The van der Waals surface area contributed by atoms with Gasteiger partial charge in [-0.15, -0.1) is 10.2 Å². The summed E-state index contributed by atoms with van der Waals surface area (Å²) in [5.74, 6) is -0.363. The summed E-state index contributed by atoms with van der Waals surface area (Å²) < 4.78 is 13.3. The number of hydrogen-bond acceptors (Lipinski definition) is 9. The van der Waals surface area contributed by atoms with Crippen LogP contribution in [0.15, 0.2) is 41.3 Å². The van der Waals surface area contributed by atoms with Crippen LogP contribution in [0.25, 0.3) is 5.69 Å². The minimum Gasteiger partial charge on any atom is -0.481 e. The predicted octanol–water partition coefficient (Wildman–Crippen LogP) is 2.90. The second-order valence-corrected chi connectivity index (χ2v) is 9.54. The number of hydrogen-bond donors (Lipinski definition) is 1. The number of likely N-dealkylation sites (N-methyl/N-ethyl adjacent to an activating group) is 1. The number of amides is 1. The molecule has 0 radical (unpaired) electrons. The fourth-order valence-electron chi connectivity index (χ4n) is 2.86. The third-order valence-electron chi connectivity index (χ3n) is 4.82. The van der Waals surface area contributed by atoms with E-state index >= 15 is 0 Å². The Balaban J connectivity index is 1.39. The lowest BCUT2D eigenvalue weighted by molar-refractivity contribution is -0.138. The van der Waals surface area contributed by atoms with E-state index in [4.69, 9.17) is 14.6 Å². The van der Waals surface area contributed by atoms with Crippen LogP contribution in [0, 0.1) is 6.92 Å². The van der Waals surface area contributed by atoms with Crippen LogP contribution < -0.4 is 0 Å². The standard InChI is InChI=1S/C22H27N5O5S2/c1-16-13-18(27-7-6-23-15-27)4-3-17(16)14-33-22-25-24-20(34-22)21(30)26(2)8-10-32-12-11-31-9-5-19(28)29/h3-4,6-7,13,15H,5,8-12,14H2,1-2H3,(H,28,29). The quantitative estimate of drug-likeness (QED) is 0.260. The normalized spacial score (nSPS) is 11.0. The number of carboxylic acids is 1. The molecule has 0 spiro atoms. The number of aryl methyl sites for hydroxylation is 1. The van der Waals surface area contributed by atoms with Gasteiger partial charge in [-0.3, -0.25) is 9.59 Å². The Morgan fingerprint density at radius 3 is 2.68 bits per heavy atom. The summed E-state index contributed by atoms with van der Waals surface area (Å²) in [5.41, 5.74) is 3.43. The van der Waals surface area contributed by atoms with Crippen molar-refractivity contribution in [3.63, 3.8) is 0 Å². The Labute approximate surface area is 205 Å². The first-order valence-corrected chi connectivity index (χ1v) is 12.4. The van der Waals surface area contributed by atoms with Crippen LogP contribution in [0.4, 0.5) is 0 Å². The van der Waals surface area contributed by atoms with Crippen LogP contribution in [0.3, 0.4) is 0 Å². The topological polar surface area (TPSA) is 120 Å². The number of rotatable bonds is 14. The molecule has 1 aromatic carbocycles. The maximum Gasteiger partial charge on any atom is 0.305 e. The first-order chi connectivity index (χ1) is 16.4. The molecule has 10 nitrogen and oxygen atoms in total. The number of nitrogens with zero attached hydrogens (tertiary/aromatic N) is 5. The first kappa shape index (κ1) is 25.8. The van der Waals surface area contributed by atoms with Crippen molar-refractivity contribution in [3.8, 4) is 5.69 Å². The third-order valence-corrected chi connectivity index (χ3v) is 6.91. The largest absolute Gasteiger partial charge is 0.481 e. The van der Waals surface area contributed by atoms with Crippen molar-refractivity contribution >= 4 is 35.0 Å². The van der Waals surface area contributed by atoms with E-state index in [1.165, 1.54) is 22.5 Å². The number of benzene rings is 1. The molecule has 0 fully saturated rings. The Kier molecular flexibility index (Phi) is 10.0. The molecule has 34 heavy (non-hydrogen) atoms. The van der Waals surface area contributed by atoms with E-state index in [-0.39, 0.29) is 18.9 Å². The van der Waals surface area contributed by atoms with Crippen LogP contribution in [0.1, 0.15) is 27.3 Å². The number of thioether (sulfide) groups is 1. The lowest BCUT2D eigenvalue weighted by Crippen LogP contribution is -2.30. The number of aliphatic carboxylic acids is 1. The highest BCUT2D eigenvalue weighted by Gasteiger charge is 2.17. The van der Waals surface area contributed by atoms with Crippen molar-refractivity contribution in [1.29, 1.82) is 0 Å². The van der Waals surface area contributed by atoms with Crippen LogP contribution in [-0.4, -0.2) is 81.7 Å². The highest BCUT2D eigenvalue weighted by molar-refractivity contribution is 8.00. The van der Waals surface area contributed by atoms with E-state index in [9.17, 15) is 9.59 Å². The monoisotopic (exact) mass is 505 g/mol. The summed E-state index contributed by atoms with van der Waals surface area (Å²) in [7, 11) is 1.69. The van der Waals surface area contributed by atoms with Crippen LogP contribution in [0.2, 0.25) is 0 Å². The van der Waals surface area contributed by atoms with E-state index in [0.717, 1.165) is 15.8 Å². The summed E-state index contributed by atoms with van der Waals surface area (Å²) in [4.78, 5) is 28.6. The lowest BCUT2D eigenvalue weighted by Gasteiger charge is -2.15. The molecular weight excluding hydrogens is 478 g/mol. The molecule has 0 aliphatic carbocycles. The number of aromatic nitrogens is 4. The number of carbonyl (C=O) groups excluding carboxylic acids is 1. The van der Waals surface area contributed by atoms with Gasteiger partial charge in [-0.25, -0.2) is 4.98 Å². The molecule has 0 aliphatic rings. The molecule has 3 aromatic rings. The molecule has 3 rings (SSSR count). The molecule has 182 valence electrons. The summed E-state index contributed by atoms with van der Waals surface area (Å²) >= 11 is 2.83. The zero-order valence-electron chi connectivity index (χ0n) is 19.0. The molecule has 0 saturated carbocycles. The van der Waals surface area contributed by atoms with Crippen molar-refractivity contribution in [2.24, 2.45) is 0 Å². The van der Waals surface area contributed by atoms with Crippen molar-refractivity contribution < 1.29 is 24.2 Å². The molecule has 0 bridgehead atoms. The van der Waals surface area contributed by atoms with E-state index in [2.05, 4.69) is 40.3 Å². The molecule has 0 atom stereocenters. The van der Waals surface area contributed by atoms with Crippen molar-refractivity contribution in [2.45, 2.75) is 23.4 Å². The highest BCUT2D eigenvalue weighted by Crippen LogP contribution is 2.28. The van der Waals surface area contributed by atoms with Crippen molar-refractivity contribution in [1.82, 2.24) is 24.6 Å². The Morgan fingerprint density at radius 2 is 1.97 bits per heavy atom. The van der Waals surface area contributed by atoms with Gasteiger partial charge < -0.3 is 24.0 Å². The smallest absolute Gasteiger partial charge is 0.305 e. The van der Waals surface area contributed by atoms with Crippen molar-refractivity contribution in [2.75, 3.05) is 40.0 Å². The van der Waals surface area contributed by atoms with Gasteiger partial charge in [0.25, 0.3) is 5.91 Å². The Bertz CT molecular complexity index is 1070. The molecule has 2 heterocycles. The van der Waals surface area contributed by atoms with Crippen LogP contribution >= 0.6 is 23.1 Å². The minimum atomic E-state index is -0.894. The predicted molar refractivity (Wildman–Crippen MR) is 129 cm³/mol. The minimum absolute atomic E-state index is 0.0302. The summed E-state index contributed by atoms with van der Waals surface area (Å²) in [6.07, 6.45) is 5.40. The molecule has 12 heteroatoms. The summed E-state index contributed by atoms with van der Waals surface area (Å²) in [6, 6.07) is 6.26. The SMILES string of the molecule is Cc1cc(-n2ccnc2)ccc1CSc1nnc(C(=O)N(C)CCOCCOCCC(=O)O)s1. The Hall–Kier alpha value is -2.80. The van der Waals surface area contributed by atoms with Gasteiger partial charge in [0.05, 0.1) is 39.2 Å². The summed E-state index contributed by atoms with van der Waals surface area (Å²) in [6.45, 7) is 3.63. The van der Waals surface area contributed by atoms with Gasteiger partial charge in [0.1, 0.15) is 0 Å². The molecule has 0 unspecified atom stereocenters. The summed E-state index contributed by atoms with van der Waals surface area (Å²) in [5, 5.41) is 17.1. The second kappa shape index (κ2) is 13.2. The average molecular weight is 506 g/mol. The Morgan fingerprint density at radius 1 is 1.18 bits per heavy atom. The van der Waals surface area contributed by atoms with Gasteiger partial charge in [0, 0.05) is 37.4 Å². The van der Waals surface area contributed by atoms with Gasteiger partial charge in [-0.05, 0) is 30.2 Å². The fourth-order valence-corrected chi connectivity index (χ4v) is 4.78. The average Bonchev–Trinajstić information content (AvgIpc) is 3.51. The number of carbonyl (C=O) groups is 2. The van der Waals surface area contributed by atoms with Crippen LogP contribution in [0.5, 0.6) is 0 Å². The van der Waals surface area contributed by atoms with Gasteiger partial charge in [-0.1, -0.05) is 29.2 Å². The van der Waals surface area contributed by atoms with E-state index in [1.807, 2.05) is 10.8 Å². The third kappa shape index (κ3) is 7.90. The van der Waals surface area contributed by atoms with Gasteiger partial charge in [0.2, 0.25) is 5.01 Å². The molecule has 1 N–H and O–H groups in total. The van der Waals surface area contributed by atoms with Crippen LogP contribution in [-0.2, 0) is 20.0 Å². The fraction of sp³-hybridized carbons (Fsp3) is 0.409. The number of ether oxygens (including phenoxy) is 2. The van der Waals surface area contributed by atoms with Gasteiger partial charge in [0.15, 0.2) is 4.34 Å². The van der Waals surface area contributed by atoms with Gasteiger partial charge in [-0.2, -0.15) is 0 Å². The first-order valence-electron chi connectivity index (χ1n) is 10.6. The van der Waals surface area contributed by atoms with Crippen molar-refractivity contribution in [3.05, 3.63) is 53.1 Å². The number of imidazole rings is 1. The molecule has 2 aromatic heterocycles. The van der Waals surface area contributed by atoms with E-state index < -0.39 is 5.97 Å². The lowest BCUT2D eigenvalue weighted by atomic mass is 10.1.